The summed E-state index contributed by atoms with van der Waals surface area (Å²) in [6.07, 6.45) is 0.695. The van der Waals surface area contributed by atoms with Gasteiger partial charge in [-0.15, -0.1) is 12.4 Å². The number of rotatable bonds is 6. The van der Waals surface area contributed by atoms with Gasteiger partial charge in [0.15, 0.2) is 11.5 Å². The number of hydrogen-bond donors (Lipinski definition) is 2. The Hall–Kier alpha value is -1.02. The van der Waals surface area contributed by atoms with E-state index in [1.807, 2.05) is 13.8 Å². The predicted octanol–water partition coefficient (Wildman–Crippen LogP) is 1.53. The third-order valence-corrected chi connectivity index (χ3v) is 4.70. The lowest BCUT2D eigenvalue weighted by Gasteiger charge is -2.21. The topological polar surface area (TPSA) is 90.7 Å². The Morgan fingerprint density at radius 3 is 2.45 bits per heavy atom. The van der Waals surface area contributed by atoms with Crippen molar-refractivity contribution in [2.75, 3.05) is 19.8 Å². The normalized spacial score (nSPS) is 15.3. The molecule has 2 rings (SSSR count). The molecule has 3 N–H and O–H groups in total. The minimum atomic E-state index is -3.62. The van der Waals surface area contributed by atoms with E-state index in [9.17, 15) is 8.42 Å². The van der Waals surface area contributed by atoms with Crippen molar-refractivity contribution in [3.63, 3.8) is 0 Å². The first-order valence-corrected chi connectivity index (χ1v) is 8.52. The summed E-state index contributed by atoms with van der Waals surface area (Å²) in [4.78, 5) is 0.161. The number of ether oxygens (including phenoxy) is 2. The van der Waals surface area contributed by atoms with E-state index in [-0.39, 0.29) is 29.9 Å². The summed E-state index contributed by atoms with van der Waals surface area (Å²) in [6, 6.07) is 4.34. The first kappa shape index (κ1) is 19.0. The van der Waals surface area contributed by atoms with Crippen molar-refractivity contribution in [2.24, 2.45) is 11.7 Å². The van der Waals surface area contributed by atoms with Crippen molar-refractivity contribution < 1.29 is 17.9 Å². The number of halogens is 1. The molecular formula is C14H23ClN2O4S. The van der Waals surface area contributed by atoms with Crippen LogP contribution in [0.2, 0.25) is 0 Å². The molecule has 1 aromatic carbocycles. The van der Waals surface area contributed by atoms with Crippen LogP contribution in [0.5, 0.6) is 11.5 Å². The Labute approximate surface area is 137 Å². The van der Waals surface area contributed by atoms with Crippen LogP contribution in [0.25, 0.3) is 0 Å². The van der Waals surface area contributed by atoms with Gasteiger partial charge in [0.05, 0.1) is 4.90 Å². The molecule has 22 heavy (non-hydrogen) atoms. The van der Waals surface area contributed by atoms with Gasteiger partial charge in [0.25, 0.3) is 0 Å². The molecule has 1 unspecified atom stereocenters. The predicted molar refractivity (Wildman–Crippen MR) is 87.3 cm³/mol. The maximum absolute atomic E-state index is 12.4. The van der Waals surface area contributed by atoms with Crippen LogP contribution >= 0.6 is 12.4 Å². The molecule has 0 amide bonds. The quantitative estimate of drug-likeness (QED) is 0.812. The zero-order valence-corrected chi connectivity index (χ0v) is 14.4. The molecular weight excluding hydrogens is 328 g/mol. The fourth-order valence-corrected chi connectivity index (χ4v) is 3.52. The Balaban J connectivity index is 0.00000242. The molecule has 0 bridgehead atoms. The summed E-state index contributed by atoms with van der Waals surface area (Å²) in [5, 5.41) is 0. The van der Waals surface area contributed by atoms with Gasteiger partial charge in [-0.1, -0.05) is 13.8 Å². The third-order valence-electron chi connectivity index (χ3n) is 3.19. The van der Waals surface area contributed by atoms with Crippen LogP contribution in [0.15, 0.2) is 23.1 Å². The van der Waals surface area contributed by atoms with Gasteiger partial charge >= 0.3 is 0 Å². The van der Waals surface area contributed by atoms with Crippen LogP contribution in [-0.2, 0) is 10.0 Å². The average molecular weight is 351 g/mol. The Morgan fingerprint density at radius 1 is 1.23 bits per heavy atom. The van der Waals surface area contributed by atoms with E-state index in [1.165, 1.54) is 12.1 Å². The molecule has 0 saturated heterocycles. The number of fused-ring (bicyclic) bond motifs is 1. The molecule has 0 fully saturated rings. The first-order chi connectivity index (χ1) is 9.92. The number of nitrogens with one attached hydrogen (secondary N) is 1. The fraction of sp³-hybridized carbons (Fsp3) is 0.571. The summed E-state index contributed by atoms with van der Waals surface area (Å²) in [7, 11) is -3.62. The van der Waals surface area contributed by atoms with E-state index in [0.717, 1.165) is 0 Å². The average Bonchev–Trinajstić information content (AvgIpc) is 2.45. The van der Waals surface area contributed by atoms with Crippen LogP contribution in [-0.4, -0.2) is 34.2 Å². The zero-order chi connectivity index (χ0) is 15.5. The highest BCUT2D eigenvalue weighted by molar-refractivity contribution is 7.89. The van der Waals surface area contributed by atoms with Gasteiger partial charge in [0, 0.05) is 18.7 Å². The third kappa shape index (κ3) is 4.74. The van der Waals surface area contributed by atoms with E-state index in [2.05, 4.69) is 4.72 Å². The SMILES string of the molecule is CC(C)CC(CN)NS(=O)(=O)c1ccc2c(c1)OCCO2.Cl. The molecule has 6 nitrogen and oxygen atoms in total. The van der Waals surface area contributed by atoms with Crippen molar-refractivity contribution in [1.29, 1.82) is 0 Å². The fourth-order valence-electron chi connectivity index (χ4n) is 2.24. The molecule has 1 aliphatic heterocycles. The van der Waals surface area contributed by atoms with Gasteiger partial charge in [0.1, 0.15) is 13.2 Å². The van der Waals surface area contributed by atoms with Gasteiger partial charge in [-0.2, -0.15) is 0 Å². The maximum Gasteiger partial charge on any atom is 0.241 e. The highest BCUT2D eigenvalue weighted by Gasteiger charge is 2.22. The summed E-state index contributed by atoms with van der Waals surface area (Å²) in [5.74, 6) is 1.39. The van der Waals surface area contributed by atoms with E-state index in [4.69, 9.17) is 15.2 Å². The van der Waals surface area contributed by atoms with Crippen LogP contribution in [0.3, 0.4) is 0 Å². The Bertz CT molecular complexity index is 593. The minimum Gasteiger partial charge on any atom is -0.486 e. The van der Waals surface area contributed by atoms with E-state index in [0.29, 0.717) is 37.1 Å². The molecule has 0 radical (unpaired) electrons. The number of nitrogens with two attached hydrogens (primary N) is 1. The highest BCUT2D eigenvalue weighted by Crippen LogP contribution is 2.32. The molecule has 8 heteroatoms. The maximum atomic E-state index is 12.4. The molecule has 0 spiro atoms. The van der Waals surface area contributed by atoms with E-state index < -0.39 is 10.0 Å². The largest absolute Gasteiger partial charge is 0.486 e. The number of hydrogen-bond acceptors (Lipinski definition) is 5. The van der Waals surface area contributed by atoms with Gasteiger partial charge in [0.2, 0.25) is 10.0 Å². The molecule has 1 aliphatic rings. The number of benzene rings is 1. The first-order valence-electron chi connectivity index (χ1n) is 7.04. The van der Waals surface area contributed by atoms with Crippen molar-refractivity contribution in [3.8, 4) is 11.5 Å². The summed E-state index contributed by atoms with van der Waals surface area (Å²) in [6.45, 7) is 5.22. The van der Waals surface area contributed by atoms with Gasteiger partial charge < -0.3 is 15.2 Å². The molecule has 0 aliphatic carbocycles. The van der Waals surface area contributed by atoms with Crippen molar-refractivity contribution >= 4 is 22.4 Å². The highest BCUT2D eigenvalue weighted by atomic mass is 35.5. The molecule has 0 saturated carbocycles. The lowest BCUT2D eigenvalue weighted by atomic mass is 10.1. The standard InChI is InChI=1S/C14H22N2O4S.ClH/c1-10(2)7-11(9-15)16-21(17,18)12-3-4-13-14(8-12)20-6-5-19-13;/h3-4,8,10-11,16H,5-7,9,15H2,1-2H3;1H. The number of sulfonamides is 1. The summed E-state index contributed by atoms with van der Waals surface area (Å²) in [5.41, 5.74) is 5.65. The van der Waals surface area contributed by atoms with Crippen molar-refractivity contribution in [2.45, 2.75) is 31.2 Å². The second-order valence-corrected chi connectivity index (χ2v) is 7.20. The molecule has 0 aromatic heterocycles. The molecule has 1 heterocycles. The summed E-state index contributed by atoms with van der Waals surface area (Å²) < 4.78 is 38.3. The van der Waals surface area contributed by atoms with Crippen LogP contribution in [0.4, 0.5) is 0 Å². The van der Waals surface area contributed by atoms with Crippen LogP contribution in [0, 0.1) is 5.92 Å². The van der Waals surface area contributed by atoms with E-state index in [1.54, 1.807) is 6.07 Å². The molecule has 126 valence electrons. The molecule has 1 atom stereocenters. The minimum absolute atomic E-state index is 0. The zero-order valence-electron chi connectivity index (χ0n) is 12.7. The van der Waals surface area contributed by atoms with Gasteiger partial charge in [-0.3, -0.25) is 0 Å². The van der Waals surface area contributed by atoms with Crippen LogP contribution < -0.4 is 19.9 Å². The summed E-state index contributed by atoms with van der Waals surface area (Å²) >= 11 is 0. The van der Waals surface area contributed by atoms with Gasteiger partial charge in [-0.05, 0) is 24.5 Å². The van der Waals surface area contributed by atoms with Gasteiger partial charge in [-0.25, -0.2) is 13.1 Å². The van der Waals surface area contributed by atoms with E-state index >= 15 is 0 Å². The smallest absolute Gasteiger partial charge is 0.241 e. The lowest BCUT2D eigenvalue weighted by Crippen LogP contribution is -2.41. The Morgan fingerprint density at radius 2 is 1.86 bits per heavy atom. The Kier molecular flexibility index (Phi) is 6.93. The second-order valence-electron chi connectivity index (χ2n) is 5.49. The second kappa shape index (κ2) is 8.01. The van der Waals surface area contributed by atoms with Crippen molar-refractivity contribution in [1.82, 2.24) is 4.72 Å². The molecule has 1 aromatic rings. The van der Waals surface area contributed by atoms with Crippen LogP contribution in [0.1, 0.15) is 20.3 Å². The monoisotopic (exact) mass is 350 g/mol. The lowest BCUT2D eigenvalue weighted by molar-refractivity contribution is 0.171. The van der Waals surface area contributed by atoms with Crippen molar-refractivity contribution in [3.05, 3.63) is 18.2 Å².